The van der Waals surface area contributed by atoms with E-state index >= 15 is 0 Å². The lowest BCUT2D eigenvalue weighted by molar-refractivity contribution is -0.119. The molecule has 1 atom stereocenters. The molecule has 1 N–H and O–H groups in total. The fourth-order valence-electron chi connectivity index (χ4n) is 2.74. The van der Waals surface area contributed by atoms with Gasteiger partial charge in [-0.1, -0.05) is 12.1 Å². The van der Waals surface area contributed by atoms with E-state index in [1.807, 2.05) is 18.2 Å². The van der Waals surface area contributed by atoms with Crippen molar-refractivity contribution in [2.45, 2.75) is 38.8 Å². The number of amides is 1. The van der Waals surface area contributed by atoms with Gasteiger partial charge in [-0.05, 0) is 24.8 Å². The first kappa shape index (κ1) is 19.4. The number of carbonyl (C=O) groups excluding carboxylic acids is 1. The maximum Gasteiger partial charge on any atom is 0.217 e. The van der Waals surface area contributed by atoms with E-state index in [1.165, 1.54) is 6.92 Å². The molecule has 0 spiro atoms. The van der Waals surface area contributed by atoms with E-state index in [9.17, 15) is 4.79 Å². The SMILES string of the molecule is C=CCC[C@H](CN1CCCOCC1)Oc1ccc(CNC(C)=O)cn1. The number of pyridine rings is 1. The Labute approximate surface area is 150 Å². The lowest BCUT2D eigenvalue weighted by Crippen LogP contribution is -2.37. The van der Waals surface area contributed by atoms with Crippen LogP contribution in [0.1, 0.15) is 31.7 Å². The Morgan fingerprint density at radius 3 is 3.08 bits per heavy atom. The van der Waals surface area contributed by atoms with Crippen molar-refractivity contribution in [2.24, 2.45) is 0 Å². The van der Waals surface area contributed by atoms with Gasteiger partial charge in [0.25, 0.3) is 0 Å². The van der Waals surface area contributed by atoms with Gasteiger partial charge in [-0.2, -0.15) is 0 Å². The monoisotopic (exact) mass is 347 g/mol. The predicted molar refractivity (Wildman–Crippen MR) is 97.5 cm³/mol. The third-order valence-corrected chi connectivity index (χ3v) is 4.10. The van der Waals surface area contributed by atoms with E-state index in [2.05, 4.69) is 21.8 Å². The Morgan fingerprint density at radius 1 is 1.48 bits per heavy atom. The van der Waals surface area contributed by atoms with Crippen molar-refractivity contribution in [3.63, 3.8) is 0 Å². The summed E-state index contributed by atoms with van der Waals surface area (Å²) in [6.45, 7) is 10.3. The second-order valence-corrected chi connectivity index (χ2v) is 6.29. The second-order valence-electron chi connectivity index (χ2n) is 6.29. The van der Waals surface area contributed by atoms with Crippen molar-refractivity contribution in [3.8, 4) is 5.88 Å². The molecule has 6 heteroatoms. The molecule has 138 valence electrons. The number of allylic oxidation sites excluding steroid dienone is 1. The molecule has 1 aromatic heterocycles. The summed E-state index contributed by atoms with van der Waals surface area (Å²) < 4.78 is 11.6. The quantitative estimate of drug-likeness (QED) is 0.694. The zero-order valence-corrected chi connectivity index (χ0v) is 15.1. The molecule has 0 aliphatic carbocycles. The van der Waals surface area contributed by atoms with Crippen LogP contribution in [0.15, 0.2) is 31.0 Å². The van der Waals surface area contributed by atoms with E-state index in [1.54, 1.807) is 6.20 Å². The number of nitrogens with one attached hydrogen (secondary N) is 1. The van der Waals surface area contributed by atoms with Crippen LogP contribution in [0.5, 0.6) is 5.88 Å². The average molecular weight is 347 g/mol. The number of aromatic nitrogens is 1. The number of nitrogens with zero attached hydrogens (tertiary/aromatic N) is 2. The fourth-order valence-corrected chi connectivity index (χ4v) is 2.74. The summed E-state index contributed by atoms with van der Waals surface area (Å²) >= 11 is 0. The minimum atomic E-state index is -0.0498. The normalized spacial score (nSPS) is 16.7. The van der Waals surface area contributed by atoms with E-state index in [-0.39, 0.29) is 12.0 Å². The molecule has 1 aromatic rings. The van der Waals surface area contributed by atoms with Gasteiger partial charge in [0.15, 0.2) is 0 Å². The Hall–Kier alpha value is -1.92. The lowest BCUT2D eigenvalue weighted by atomic mass is 10.1. The van der Waals surface area contributed by atoms with Gasteiger partial charge in [-0.25, -0.2) is 4.98 Å². The minimum absolute atomic E-state index is 0.0498. The van der Waals surface area contributed by atoms with Crippen LogP contribution in [0.3, 0.4) is 0 Å². The molecule has 0 bridgehead atoms. The number of ether oxygens (including phenoxy) is 2. The molecule has 1 fully saturated rings. The molecule has 2 heterocycles. The number of carbonyl (C=O) groups is 1. The second kappa shape index (κ2) is 10.8. The van der Waals surface area contributed by atoms with Crippen LogP contribution in [-0.2, 0) is 16.1 Å². The maximum absolute atomic E-state index is 11.0. The molecule has 0 unspecified atom stereocenters. The van der Waals surface area contributed by atoms with Crippen molar-refractivity contribution in [3.05, 3.63) is 36.5 Å². The van der Waals surface area contributed by atoms with Crippen LogP contribution in [0, 0.1) is 0 Å². The maximum atomic E-state index is 11.0. The average Bonchev–Trinajstić information content (AvgIpc) is 2.87. The summed E-state index contributed by atoms with van der Waals surface area (Å²) in [5.41, 5.74) is 0.954. The van der Waals surface area contributed by atoms with E-state index in [4.69, 9.17) is 9.47 Å². The van der Waals surface area contributed by atoms with Crippen LogP contribution in [-0.4, -0.2) is 54.7 Å². The highest BCUT2D eigenvalue weighted by Gasteiger charge is 2.17. The largest absolute Gasteiger partial charge is 0.473 e. The van der Waals surface area contributed by atoms with E-state index < -0.39 is 0 Å². The summed E-state index contributed by atoms with van der Waals surface area (Å²) in [6, 6.07) is 3.80. The summed E-state index contributed by atoms with van der Waals surface area (Å²) in [7, 11) is 0. The number of hydrogen-bond donors (Lipinski definition) is 1. The smallest absolute Gasteiger partial charge is 0.217 e. The molecule has 1 amide bonds. The summed E-state index contributed by atoms with van der Waals surface area (Å²) in [5.74, 6) is 0.568. The van der Waals surface area contributed by atoms with Crippen LogP contribution in [0.4, 0.5) is 0 Å². The zero-order chi connectivity index (χ0) is 17.9. The third-order valence-electron chi connectivity index (χ3n) is 4.10. The summed E-state index contributed by atoms with van der Waals surface area (Å²) in [6.07, 6.45) is 6.63. The first-order valence-corrected chi connectivity index (χ1v) is 8.94. The molecular weight excluding hydrogens is 318 g/mol. The van der Waals surface area contributed by atoms with E-state index in [0.717, 1.165) is 57.7 Å². The Balaban J connectivity index is 1.90. The van der Waals surface area contributed by atoms with Gasteiger partial charge in [0, 0.05) is 52.0 Å². The molecule has 25 heavy (non-hydrogen) atoms. The minimum Gasteiger partial charge on any atom is -0.473 e. The molecule has 2 rings (SSSR count). The lowest BCUT2D eigenvalue weighted by Gasteiger charge is -2.26. The van der Waals surface area contributed by atoms with Crippen LogP contribution in [0.25, 0.3) is 0 Å². The van der Waals surface area contributed by atoms with Crippen LogP contribution < -0.4 is 10.1 Å². The van der Waals surface area contributed by atoms with Gasteiger partial charge < -0.3 is 14.8 Å². The third kappa shape index (κ3) is 7.67. The Morgan fingerprint density at radius 2 is 2.36 bits per heavy atom. The summed E-state index contributed by atoms with van der Waals surface area (Å²) in [5, 5.41) is 2.76. The molecular formula is C19H29N3O3. The van der Waals surface area contributed by atoms with Crippen molar-refractivity contribution in [2.75, 3.05) is 32.8 Å². The van der Waals surface area contributed by atoms with Crippen molar-refractivity contribution >= 4 is 5.91 Å². The highest BCUT2D eigenvalue weighted by Crippen LogP contribution is 2.14. The molecule has 0 saturated carbocycles. The zero-order valence-electron chi connectivity index (χ0n) is 15.1. The van der Waals surface area contributed by atoms with Crippen molar-refractivity contribution in [1.29, 1.82) is 0 Å². The molecule has 0 radical (unpaired) electrons. The topological polar surface area (TPSA) is 63.7 Å². The summed E-state index contributed by atoms with van der Waals surface area (Å²) in [4.78, 5) is 17.7. The highest BCUT2D eigenvalue weighted by molar-refractivity contribution is 5.72. The Bertz CT molecular complexity index is 525. The highest BCUT2D eigenvalue weighted by atomic mass is 16.5. The van der Waals surface area contributed by atoms with Crippen LogP contribution in [0.2, 0.25) is 0 Å². The van der Waals surface area contributed by atoms with Gasteiger partial charge in [-0.3, -0.25) is 9.69 Å². The van der Waals surface area contributed by atoms with E-state index in [0.29, 0.717) is 12.4 Å². The molecule has 1 saturated heterocycles. The van der Waals surface area contributed by atoms with Gasteiger partial charge in [-0.15, -0.1) is 6.58 Å². The van der Waals surface area contributed by atoms with Gasteiger partial charge in [0.05, 0.1) is 6.61 Å². The number of rotatable bonds is 9. The Kier molecular flexibility index (Phi) is 8.42. The first-order chi connectivity index (χ1) is 12.2. The predicted octanol–water partition coefficient (Wildman–Crippen LogP) is 2.15. The molecule has 1 aliphatic rings. The van der Waals surface area contributed by atoms with Crippen molar-refractivity contribution < 1.29 is 14.3 Å². The first-order valence-electron chi connectivity index (χ1n) is 8.94. The molecule has 6 nitrogen and oxygen atoms in total. The molecule has 0 aromatic carbocycles. The standard InChI is InChI=1S/C19H29N3O3/c1-3-4-6-18(15-22-9-5-11-24-12-10-22)25-19-8-7-17(14-21-19)13-20-16(2)23/h3,7-8,14,18H,1,4-6,9-13,15H2,2H3,(H,20,23)/t18-/m1/s1. The molecule has 1 aliphatic heterocycles. The number of hydrogen-bond acceptors (Lipinski definition) is 5. The van der Waals surface area contributed by atoms with Crippen LogP contribution >= 0.6 is 0 Å². The van der Waals surface area contributed by atoms with Gasteiger partial charge in [0.1, 0.15) is 6.10 Å². The fraction of sp³-hybridized carbons (Fsp3) is 0.579. The van der Waals surface area contributed by atoms with Gasteiger partial charge in [0.2, 0.25) is 11.8 Å². The van der Waals surface area contributed by atoms with Crippen molar-refractivity contribution in [1.82, 2.24) is 15.2 Å². The van der Waals surface area contributed by atoms with Gasteiger partial charge >= 0.3 is 0 Å².